The summed E-state index contributed by atoms with van der Waals surface area (Å²) in [6, 6.07) is -1.09. The van der Waals surface area contributed by atoms with Crippen molar-refractivity contribution in [1.29, 1.82) is 0 Å². The number of likely N-dealkylation sites (tertiary alicyclic amines) is 1. The highest BCUT2D eigenvalue weighted by molar-refractivity contribution is 7.82. The van der Waals surface area contributed by atoms with Crippen molar-refractivity contribution in [2.75, 3.05) is 13.4 Å². The summed E-state index contributed by atoms with van der Waals surface area (Å²) in [5.41, 5.74) is -1.46. The van der Waals surface area contributed by atoms with Gasteiger partial charge in [0.15, 0.2) is 0 Å². The number of hydrogen-bond acceptors (Lipinski definition) is 5. The molecule has 1 fully saturated rings. The van der Waals surface area contributed by atoms with Crippen LogP contribution in [-0.4, -0.2) is 57.8 Å². The van der Waals surface area contributed by atoms with E-state index in [1.165, 1.54) is 11.2 Å². The summed E-state index contributed by atoms with van der Waals surface area (Å²) in [6.07, 6.45) is 6.34. The topological polar surface area (TPSA) is 84.9 Å². The number of allylic oxidation sites excluding steroid dienone is 1. The average Bonchev–Trinajstić information content (AvgIpc) is 2.87. The third kappa shape index (κ3) is 6.12. The molecule has 2 amide bonds. The quantitative estimate of drug-likeness (QED) is 0.614. The van der Waals surface area contributed by atoms with Crippen molar-refractivity contribution in [3.8, 4) is 0 Å². The van der Waals surface area contributed by atoms with Crippen molar-refractivity contribution in [3.05, 3.63) is 12.2 Å². The van der Waals surface area contributed by atoms with Crippen LogP contribution < -0.4 is 4.72 Å². The molecule has 0 spiro atoms. The minimum absolute atomic E-state index is 0.189. The summed E-state index contributed by atoms with van der Waals surface area (Å²) in [5, 5.41) is 0. The standard InChI is InChI=1S/C20H36N2O5S/c1-9-11-14-13-15(23)22(18(24)27-19(3,4)5)16(14)17(21-28(8)25)20(6,26-7)12-10-2/h9,11,14,16-17,21H,10,12-13H2,1-8H3/b11-9-/t14-,16?,17+,20+,28?/m1/s1. The Hall–Kier alpha value is -1.25. The molecule has 0 aromatic rings. The normalized spacial score (nSPS) is 25.0. The van der Waals surface area contributed by atoms with E-state index in [9.17, 15) is 13.8 Å². The first kappa shape index (κ1) is 24.8. The molecule has 0 aromatic carbocycles. The van der Waals surface area contributed by atoms with Crippen LogP contribution in [0.25, 0.3) is 0 Å². The van der Waals surface area contributed by atoms with E-state index in [-0.39, 0.29) is 18.2 Å². The lowest BCUT2D eigenvalue weighted by Crippen LogP contribution is -2.63. The zero-order chi connectivity index (χ0) is 21.7. The number of carbonyl (C=O) groups excluding carboxylic acids is 2. The number of carbonyl (C=O) groups is 2. The van der Waals surface area contributed by atoms with E-state index in [1.54, 1.807) is 27.9 Å². The van der Waals surface area contributed by atoms with Gasteiger partial charge in [0.2, 0.25) is 5.91 Å². The van der Waals surface area contributed by atoms with E-state index in [0.29, 0.717) is 6.42 Å². The van der Waals surface area contributed by atoms with Gasteiger partial charge in [0.05, 0.1) is 28.7 Å². The Morgan fingerprint density at radius 2 is 2.00 bits per heavy atom. The Balaban J connectivity index is 3.48. The Kier molecular flexibility index (Phi) is 8.84. The van der Waals surface area contributed by atoms with Crippen LogP contribution in [0.4, 0.5) is 4.79 Å². The summed E-state index contributed by atoms with van der Waals surface area (Å²) in [4.78, 5) is 26.9. The van der Waals surface area contributed by atoms with Gasteiger partial charge < -0.3 is 9.47 Å². The van der Waals surface area contributed by atoms with Crippen molar-refractivity contribution in [2.45, 2.75) is 84.1 Å². The first-order chi connectivity index (χ1) is 12.9. The molecule has 1 aliphatic heterocycles. The first-order valence-corrected chi connectivity index (χ1v) is 11.3. The van der Waals surface area contributed by atoms with Crippen molar-refractivity contribution in [3.63, 3.8) is 0 Å². The zero-order valence-electron chi connectivity index (χ0n) is 18.4. The highest BCUT2D eigenvalue weighted by Gasteiger charge is 2.53. The van der Waals surface area contributed by atoms with Crippen LogP contribution in [0.3, 0.4) is 0 Å². The molecule has 1 rings (SSSR count). The van der Waals surface area contributed by atoms with Gasteiger partial charge in [0.25, 0.3) is 0 Å². The van der Waals surface area contributed by atoms with Crippen LogP contribution in [0.1, 0.15) is 60.8 Å². The van der Waals surface area contributed by atoms with Gasteiger partial charge in [0, 0.05) is 25.7 Å². The molecule has 1 aliphatic rings. The highest BCUT2D eigenvalue weighted by atomic mass is 32.2. The largest absolute Gasteiger partial charge is 0.443 e. The van der Waals surface area contributed by atoms with Gasteiger partial charge in [-0.2, -0.15) is 0 Å². The summed E-state index contributed by atoms with van der Waals surface area (Å²) in [5.74, 6) is -0.525. The van der Waals surface area contributed by atoms with Gasteiger partial charge in [-0.3, -0.25) is 4.79 Å². The second-order valence-corrected chi connectivity index (χ2v) is 9.59. The Bertz CT molecular complexity index is 616. The second kappa shape index (κ2) is 9.98. The third-order valence-electron chi connectivity index (χ3n) is 4.95. The van der Waals surface area contributed by atoms with Crippen LogP contribution in [0.2, 0.25) is 0 Å². The molecule has 162 valence electrons. The van der Waals surface area contributed by atoms with E-state index < -0.39 is 40.4 Å². The number of amides is 2. The first-order valence-electron chi connectivity index (χ1n) is 9.72. The Labute approximate surface area is 171 Å². The van der Waals surface area contributed by atoms with Gasteiger partial charge in [0.1, 0.15) is 5.60 Å². The monoisotopic (exact) mass is 416 g/mol. The average molecular weight is 417 g/mol. The van der Waals surface area contributed by atoms with Gasteiger partial charge in [-0.1, -0.05) is 25.5 Å². The van der Waals surface area contributed by atoms with Crippen LogP contribution in [0.5, 0.6) is 0 Å². The smallest absolute Gasteiger partial charge is 0.417 e. The van der Waals surface area contributed by atoms with Gasteiger partial charge in [-0.05, 0) is 41.0 Å². The number of nitrogens with zero attached hydrogens (tertiary/aromatic N) is 1. The van der Waals surface area contributed by atoms with E-state index in [2.05, 4.69) is 4.72 Å². The van der Waals surface area contributed by atoms with Crippen molar-refractivity contribution < 1.29 is 23.3 Å². The van der Waals surface area contributed by atoms with Crippen LogP contribution >= 0.6 is 0 Å². The molecule has 2 unspecified atom stereocenters. The number of ether oxygens (including phenoxy) is 2. The summed E-state index contributed by atoms with van der Waals surface area (Å²) in [7, 11) is 0.235. The summed E-state index contributed by atoms with van der Waals surface area (Å²) >= 11 is 0. The fourth-order valence-corrected chi connectivity index (χ4v) is 4.50. The molecule has 0 saturated carbocycles. The molecule has 1 heterocycles. The molecule has 0 bridgehead atoms. The van der Waals surface area contributed by atoms with Crippen LogP contribution in [0.15, 0.2) is 12.2 Å². The molecule has 0 radical (unpaired) electrons. The molecule has 1 saturated heterocycles. The maximum atomic E-state index is 12.9. The van der Waals surface area contributed by atoms with Crippen molar-refractivity contribution >= 4 is 23.0 Å². The minimum atomic E-state index is -1.36. The molecule has 8 heteroatoms. The molecule has 28 heavy (non-hydrogen) atoms. The predicted octanol–water partition coefficient (Wildman–Crippen LogP) is 3.17. The lowest BCUT2D eigenvalue weighted by atomic mass is 9.81. The molecule has 1 N–H and O–H groups in total. The van der Waals surface area contributed by atoms with E-state index in [0.717, 1.165) is 6.42 Å². The highest BCUT2D eigenvalue weighted by Crippen LogP contribution is 2.37. The number of rotatable bonds is 8. The number of nitrogens with one attached hydrogen (secondary N) is 1. The minimum Gasteiger partial charge on any atom is -0.443 e. The lowest BCUT2D eigenvalue weighted by molar-refractivity contribution is -0.129. The summed E-state index contributed by atoms with van der Waals surface area (Å²) < 4.78 is 26.5. The van der Waals surface area contributed by atoms with Crippen LogP contribution in [0, 0.1) is 5.92 Å². The number of hydrogen-bond donors (Lipinski definition) is 1. The molecular weight excluding hydrogens is 380 g/mol. The Morgan fingerprint density at radius 1 is 1.39 bits per heavy atom. The molecule has 7 nitrogen and oxygen atoms in total. The van der Waals surface area contributed by atoms with Gasteiger partial charge >= 0.3 is 6.09 Å². The van der Waals surface area contributed by atoms with Gasteiger partial charge in [-0.15, -0.1) is 0 Å². The van der Waals surface area contributed by atoms with Crippen molar-refractivity contribution in [1.82, 2.24) is 9.62 Å². The molecule has 0 aliphatic carbocycles. The maximum absolute atomic E-state index is 12.9. The fourth-order valence-electron chi connectivity index (χ4n) is 3.75. The zero-order valence-corrected chi connectivity index (χ0v) is 19.2. The molecule has 5 atom stereocenters. The van der Waals surface area contributed by atoms with E-state index in [4.69, 9.17) is 9.47 Å². The predicted molar refractivity (Wildman–Crippen MR) is 111 cm³/mol. The van der Waals surface area contributed by atoms with Crippen LogP contribution in [-0.2, 0) is 25.3 Å². The second-order valence-electron chi connectivity index (χ2n) is 8.44. The van der Waals surface area contributed by atoms with E-state index in [1.807, 2.05) is 32.9 Å². The number of methoxy groups -OCH3 is 1. The molecule has 0 aromatic heterocycles. The SMILES string of the molecule is C/C=C\[C@@H]1CC(=O)N(C(=O)OC(C)(C)C)C1[C@H](NS(C)=O)[C@](C)(CCC)OC. The summed E-state index contributed by atoms with van der Waals surface area (Å²) in [6.45, 7) is 11.1. The van der Waals surface area contributed by atoms with E-state index >= 15 is 0 Å². The number of imide groups is 1. The van der Waals surface area contributed by atoms with Gasteiger partial charge in [-0.25, -0.2) is 18.6 Å². The molecular formula is C20H36N2O5S. The lowest BCUT2D eigenvalue weighted by Gasteiger charge is -2.43. The fraction of sp³-hybridized carbons (Fsp3) is 0.800. The van der Waals surface area contributed by atoms with Crippen molar-refractivity contribution in [2.24, 2.45) is 5.92 Å². The third-order valence-corrected chi connectivity index (χ3v) is 5.54. The Morgan fingerprint density at radius 3 is 2.43 bits per heavy atom. The maximum Gasteiger partial charge on any atom is 0.417 e.